The van der Waals surface area contributed by atoms with E-state index in [1.165, 1.54) is 0 Å². The molecule has 3 aromatic rings. The minimum atomic E-state index is -1.12. The maximum absolute atomic E-state index is 13.0. The fourth-order valence-corrected chi connectivity index (χ4v) is 3.27. The van der Waals surface area contributed by atoms with Crippen molar-refractivity contribution in [1.29, 1.82) is 0 Å². The van der Waals surface area contributed by atoms with E-state index in [2.05, 4.69) is 16.0 Å². The standard InChI is InChI=1S/C27H29N3O6/c31-17-24(30-27(34)36-19-22-14-8-3-9-15-22)29-25(32)23(16-20-10-4-1-5-11-20)28-26(33)35-18-21-12-6-2-7-13-21/h1-15,23-24,31H,16-19H2,(H,28,33)(H,29,32)(H,30,34)/t23-,24?/m0/s1. The number of aliphatic hydroxyl groups is 1. The third-order valence-electron chi connectivity index (χ3n) is 5.11. The maximum Gasteiger partial charge on any atom is 0.409 e. The van der Waals surface area contributed by atoms with Gasteiger partial charge in [0.05, 0.1) is 6.61 Å². The summed E-state index contributed by atoms with van der Waals surface area (Å²) in [6.07, 6.45) is -2.54. The molecule has 0 aliphatic heterocycles. The molecule has 0 aromatic heterocycles. The van der Waals surface area contributed by atoms with E-state index < -0.39 is 36.9 Å². The van der Waals surface area contributed by atoms with Gasteiger partial charge in [0.1, 0.15) is 25.4 Å². The highest BCUT2D eigenvalue weighted by Crippen LogP contribution is 2.06. The lowest BCUT2D eigenvalue weighted by Gasteiger charge is -2.23. The van der Waals surface area contributed by atoms with Crippen molar-refractivity contribution in [3.05, 3.63) is 108 Å². The Hall–Kier alpha value is -4.37. The highest BCUT2D eigenvalue weighted by molar-refractivity contribution is 5.86. The minimum absolute atomic E-state index is 0.0320. The van der Waals surface area contributed by atoms with E-state index in [-0.39, 0.29) is 19.6 Å². The molecule has 0 saturated carbocycles. The molecule has 188 valence electrons. The lowest BCUT2D eigenvalue weighted by atomic mass is 10.1. The molecule has 0 saturated heterocycles. The summed E-state index contributed by atoms with van der Waals surface area (Å²) in [5.41, 5.74) is 2.39. The molecule has 3 amide bonds. The largest absolute Gasteiger partial charge is 0.445 e. The van der Waals surface area contributed by atoms with Crippen molar-refractivity contribution < 1.29 is 29.0 Å². The van der Waals surface area contributed by atoms with Crippen molar-refractivity contribution in [2.24, 2.45) is 0 Å². The van der Waals surface area contributed by atoms with Gasteiger partial charge in [-0.2, -0.15) is 0 Å². The lowest BCUT2D eigenvalue weighted by molar-refractivity contribution is -0.124. The third kappa shape index (κ3) is 9.11. The SMILES string of the molecule is O=C(NC(CO)NC(=O)[C@H](Cc1ccccc1)NC(=O)OCc1ccccc1)OCc1ccccc1. The van der Waals surface area contributed by atoms with Crippen molar-refractivity contribution in [2.45, 2.75) is 31.8 Å². The van der Waals surface area contributed by atoms with E-state index in [9.17, 15) is 19.5 Å². The summed E-state index contributed by atoms with van der Waals surface area (Å²) in [6, 6.07) is 26.3. The van der Waals surface area contributed by atoms with Gasteiger partial charge >= 0.3 is 12.2 Å². The second-order valence-electron chi connectivity index (χ2n) is 7.90. The Balaban J connectivity index is 1.57. The van der Waals surface area contributed by atoms with Crippen LogP contribution in [-0.2, 0) is 33.9 Å². The monoisotopic (exact) mass is 491 g/mol. The summed E-state index contributed by atoms with van der Waals surface area (Å²) in [6.45, 7) is -0.507. The van der Waals surface area contributed by atoms with Gasteiger partial charge in [-0.05, 0) is 16.7 Å². The topological polar surface area (TPSA) is 126 Å². The zero-order valence-corrected chi connectivity index (χ0v) is 19.6. The van der Waals surface area contributed by atoms with Crippen LogP contribution in [0.1, 0.15) is 16.7 Å². The fourth-order valence-electron chi connectivity index (χ4n) is 3.27. The predicted molar refractivity (Wildman–Crippen MR) is 132 cm³/mol. The zero-order chi connectivity index (χ0) is 25.6. The molecule has 0 fully saturated rings. The number of aliphatic hydroxyl groups excluding tert-OH is 1. The summed E-state index contributed by atoms with van der Waals surface area (Å²) in [4.78, 5) is 37.6. The second kappa shape index (κ2) is 14.1. The Kier molecular flexibility index (Phi) is 10.3. The molecule has 4 N–H and O–H groups in total. The summed E-state index contributed by atoms with van der Waals surface area (Å²) in [7, 11) is 0. The quantitative estimate of drug-likeness (QED) is 0.306. The molecule has 0 bridgehead atoms. The number of nitrogens with one attached hydrogen (secondary N) is 3. The van der Waals surface area contributed by atoms with Gasteiger partial charge in [0.2, 0.25) is 5.91 Å². The van der Waals surface area contributed by atoms with Crippen molar-refractivity contribution in [2.75, 3.05) is 6.61 Å². The average Bonchev–Trinajstić information content (AvgIpc) is 2.91. The third-order valence-corrected chi connectivity index (χ3v) is 5.11. The van der Waals surface area contributed by atoms with E-state index in [0.29, 0.717) is 0 Å². The maximum atomic E-state index is 13.0. The number of rotatable bonds is 11. The van der Waals surface area contributed by atoms with Crippen LogP contribution >= 0.6 is 0 Å². The lowest BCUT2D eigenvalue weighted by Crippen LogP contribution is -2.56. The Morgan fingerprint density at radius 2 is 1.08 bits per heavy atom. The molecular weight excluding hydrogens is 462 g/mol. The molecule has 3 aromatic carbocycles. The molecule has 9 heteroatoms. The van der Waals surface area contributed by atoms with Crippen LogP contribution in [0.3, 0.4) is 0 Å². The van der Waals surface area contributed by atoms with Crippen molar-refractivity contribution in [1.82, 2.24) is 16.0 Å². The molecule has 0 aliphatic rings. The zero-order valence-electron chi connectivity index (χ0n) is 19.6. The summed E-state index contributed by atoms with van der Waals surface area (Å²) in [5.74, 6) is -0.613. The molecule has 0 spiro atoms. The molecule has 0 aliphatic carbocycles. The molecule has 2 atom stereocenters. The Labute approximate surface area is 209 Å². The van der Waals surface area contributed by atoms with Gasteiger partial charge < -0.3 is 25.2 Å². The van der Waals surface area contributed by atoms with Gasteiger partial charge in [-0.15, -0.1) is 0 Å². The highest BCUT2D eigenvalue weighted by Gasteiger charge is 2.25. The second-order valence-corrected chi connectivity index (χ2v) is 7.90. The average molecular weight is 492 g/mol. The molecule has 0 radical (unpaired) electrons. The van der Waals surface area contributed by atoms with Gasteiger partial charge in [-0.1, -0.05) is 91.0 Å². The first-order chi connectivity index (χ1) is 17.5. The molecule has 36 heavy (non-hydrogen) atoms. The molecule has 3 rings (SSSR count). The first-order valence-corrected chi connectivity index (χ1v) is 11.4. The van der Waals surface area contributed by atoms with Gasteiger partial charge in [-0.25, -0.2) is 9.59 Å². The van der Waals surface area contributed by atoms with Gasteiger partial charge in [0.15, 0.2) is 0 Å². The fraction of sp³-hybridized carbons (Fsp3) is 0.222. The number of ether oxygens (including phenoxy) is 2. The van der Waals surface area contributed by atoms with Crippen LogP contribution < -0.4 is 16.0 Å². The van der Waals surface area contributed by atoms with Crippen molar-refractivity contribution >= 4 is 18.1 Å². The van der Waals surface area contributed by atoms with E-state index in [0.717, 1.165) is 16.7 Å². The van der Waals surface area contributed by atoms with Crippen LogP contribution in [0.2, 0.25) is 0 Å². The summed E-state index contributed by atoms with van der Waals surface area (Å²) < 4.78 is 10.4. The van der Waals surface area contributed by atoms with Gasteiger partial charge in [-0.3, -0.25) is 10.1 Å². The summed E-state index contributed by atoms with van der Waals surface area (Å²) in [5, 5.41) is 17.2. The Morgan fingerprint density at radius 1 is 0.639 bits per heavy atom. The molecule has 1 unspecified atom stereocenters. The predicted octanol–water partition coefficient (Wildman–Crippen LogP) is 2.89. The number of alkyl carbamates (subject to hydrolysis) is 2. The number of benzene rings is 3. The van der Waals surface area contributed by atoms with Crippen LogP contribution in [0.15, 0.2) is 91.0 Å². The Bertz CT molecular complexity index is 1100. The van der Waals surface area contributed by atoms with Crippen molar-refractivity contribution in [3.8, 4) is 0 Å². The van der Waals surface area contributed by atoms with Crippen LogP contribution in [0.4, 0.5) is 9.59 Å². The van der Waals surface area contributed by atoms with Gasteiger partial charge in [0, 0.05) is 6.42 Å². The van der Waals surface area contributed by atoms with Crippen LogP contribution in [0.25, 0.3) is 0 Å². The first kappa shape index (κ1) is 26.2. The highest BCUT2D eigenvalue weighted by atomic mass is 16.6. The van der Waals surface area contributed by atoms with E-state index in [1.54, 1.807) is 12.1 Å². The summed E-state index contributed by atoms with van der Waals surface area (Å²) >= 11 is 0. The molecular formula is C27H29N3O6. The van der Waals surface area contributed by atoms with E-state index >= 15 is 0 Å². The number of carbonyl (C=O) groups excluding carboxylic acids is 3. The van der Waals surface area contributed by atoms with E-state index in [1.807, 2.05) is 78.9 Å². The van der Waals surface area contributed by atoms with Crippen LogP contribution in [0.5, 0.6) is 0 Å². The number of hydrogen-bond acceptors (Lipinski definition) is 6. The Morgan fingerprint density at radius 3 is 1.56 bits per heavy atom. The number of hydrogen-bond donors (Lipinski definition) is 4. The molecule has 9 nitrogen and oxygen atoms in total. The molecule has 0 heterocycles. The normalized spacial score (nSPS) is 12.0. The van der Waals surface area contributed by atoms with Gasteiger partial charge in [0.25, 0.3) is 0 Å². The smallest absolute Gasteiger partial charge is 0.409 e. The first-order valence-electron chi connectivity index (χ1n) is 11.4. The van der Waals surface area contributed by atoms with E-state index in [4.69, 9.17) is 9.47 Å². The minimum Gasteiger partial charge on any atom is -0.445 e. The van der Waals surface area contributed by atoms with Crippen LogP contribution in [0, 0.1) is 0 Å². The van der Waals surface area contributed by atoms with Crippen molar-refractivity contribution in [3.63, 3.8) is 0 Å². The number of amides is 3. The number of carbonyl (C=O) groups is 3. The van der Waals surface area contributed by atoms with Crippen LogP contribution in [-0.4, -0.2) is 42.0 Å².